The molecule has 0 fully saturated rings. The molecule has 1 amide bonds. The number of aromatic nitrogens is 2. The van der Waals surface area contributed by atoms with Crippen molar-refractivity contribution in [2.75, 3.05) is 41.6 Å². The molecule has 0 saturated carbocycles. The van der Waals surface area contributed by atoms with Crippen molar-refractivity contribution >= 4 is 57.6 Å². The van der Waals surface area contributed by atoms with Crippen molar-refractivity contribution in [2.24, 2.45) is 12.8 Å². The fraction of sp³-hybridized carbons (Fsp3) is 0.333. The van der Waals surface area contributed by atoms with Gasteiger partial charge in [-0.25, -0.2) is 4.98 Å². The minimum atomic E-state index is -0.451. The molecular formula is C24H29Cl2N5O. The molecular weight excluding hydrogens is 445 g/mol. The number of hydrogen-bond donors (Lipinski definition) is 2. The molecule has 3 rings (SSSR count). The van der Waals surface area contributed by atoms with Crippen LogP contribution in [0.15, 0.2) is 48.5 Å². The molecule has 0 aliphatic rings. The number of amides is 1. The van der Waals surface area contributed by atoms with Crippen LogP contribution in [0.25, 0.3) is 17.1 Å². The Bertz CT molecular complexity index is 1060. The Labute approximate surface area is 199 Å². The number of hydrogen-bond acceptors (Lipinski definition) is 4. The summed E-state index contributed by atoms with van der Waals surface area (Å²) in [5.41, 5.74) is 10.3. The van der Waals surface area contributed by atoms with E-state index in [0.29, 0.717) is 11.8 Å². The Hall–Kier alpha value is -2.70. The maximum atomic E-state index is 10.8. The lowest BCUT2D eigenvalue weighted by Gasteiger charge is -2.22. The molecule has 8 heteroatoms. The Morgan fingerprint density at radius 3 is 2.53 bits per heavy atom. The number of carbonyl (C=O) groups is 1. The van der Waals surface area contributed by atoms with Gasteiger partial charge in [-0.3, -0.25) is 4.79 Å². The van der Waals surface area contributed by atoms with E-state index in [-0.39, 0.29) is 0 Å². The summed E-state index contributed by atoms with van der Waals surface area (Å²) < 4.78 is 2.16. The molecule has 32 heavy (non-hydrogen) atoms. The van der Waals surface area contributed by atoms with Crippen LogP contribution in [0.5, 0.6) is 0 Å². The lowest BCUT2D eigenvalue weighted by atomic mass is 10.2. The molecule has 0 spiro atoms. The van der Waals surface area contributed by atoms with Gasteiger partial charge in [-0.1, -0.05) is 12.1 Å². The predicted molar refractivity (Wildman–Crippen MR) is 136 cm³/mol. The third-order valence-electron chi connectivity index (χ3n) is 5.29. The average Bonchev–Trinajstić information content (AvgIpc) is 3.10. The van der Waals surface area contributed by atoms with Crippen LogP contribution in [0.2, 0.25) is 0 Å². The van der Waals surface area contributed by atoms with Crippen molar-refractivity contribution in [1.82, 2.24) is 9.55 Å². The van der Waals surface area contributed by atoms with Crippen LogP contribution in [-0.4, -0.2) is 46.9 Å². The van der Waals surface area contributed by atoms with Crippen LogP contribution in [0, 0.1) is 0 Å². The highest BCUT2D eigenvalue weighted by Gasteiger charge is 2.11. The van der Waals surface area contributed by atoms with Crippen molar-refractivity contribution in [1.29, 1.82) is 0 Å². The Morgan fingerprint density at radius 2 is 1.88 bits per heavy atom. The second-order valence-electron chi connectivity index (χ2n) is 7.51. The molecule has 3 aromatic rings. The van der Waals surface area contributed by atoms with Gasteiger partial charge in [-0.2, -0.15) is 0 Å². The number of carbonyl (C=O) groups excluding carboxylic acids is 1. The molecule has 1 aromatic heterocycles. The first kappa shape index (κ1) is 24.0. The quantitative estimate of drug-likeness (QED) is 0.232. The second-order valence-corrected chi connectivity index (χ2v) is 8.27. The van der Waals surface area contributed by atoms with E-state index in [1.807, 2.05) is 24.3 Å². The van der Waals surface area contributed by atoms with Gasteiger partial charge in [-0.05, 0) is 48.4 Å². The third kappa shape index (κ3) is 6.40. The summed E-state index contributed by atoms with van der Waals surface area (Å²) in [4.78, 5) is 17.9. The van der Waals surface area contributed by atoms with Crippen LogP contribution >= 0.6 is 23.2 Å². The van der Waals surface area contributed by atoms with Gasteiger partial charge in [-0.15, -0.1) is 23.2 Å². The summed E-state index contributed by atoms with van der Waals surface area (Å²) in [7, 11) is 2.06. The zero-order chi connectivity index (χ0) is 22.9. The van der Waals surface area contributed by atoms with Crippen molar-refractivity contribution in [2.45, 2.75) is 12.8 Å². The van der Waals surface area contributed by atoms with Gasteiger partial charge in [0.05, 0.1) is 11.0 Å². The maximum absolute atomic E-state index is 10.8. The number of nitrogens with two attached hydrogens (primary N) is 1. The van der Waals surface area contributed by atoms with Gasteiger partial charge in [0.2, 0.25) is 5.91 Å². The number of nitrogens with zero attached hydrogens (tertiary/aromatic N) is 3. The number of alkyl halides is 2. The SMILES string of the molecule is Cn1c(CCCNc2ccc(C=CC(N)=O)cc2)nc2cc(N(CCCl)CCCl)ccc21. The summed E-state index contributed by atoms with van der Waals surface area (Å²) in [6.07, 6.45) is 4.89. The number of halogens is 2. The largest absolute Gasteiger partial charge is 0.385 e. The summed E-state index contributed by atoms with van der Waals surface area (Å²) in [5, 5.41) is 3.43. The lowest BCUT2D eigenvalue weighted by Crippen LogP contribution is -2.27. The molecule has 2 aromatic carbocycles. The van der Waals surface area contributed by atoms with Crippen LogP contribution in [0.3, 0.4) is 0 Å². The van der Waals surface area contributed by atoms with Gasteiger partial charge in [0, 0.05) is 62.3 Å². The number of fused-ring (bicyclic) bond motifs is 1. The van der Waals surface area contributed by atoms with Crippen molar-refractivity contribution in [3.63, 3.8) is 0 Å². The zero-order valence-corrected chi connectivity index (χ0v) is 19.7. The Balaban J connectivity index is 1.58. The maximum Gasteiger partial charge on any atom is 0.241 e. The summed E-state index contributed by atoms with van der Waals surface area (Å²) >= 11 is 11.9. The number of aryl methyl sites for hydroxylation is 2. The smallest absolute Gasteiger partial charge is 0.241 e. The molecule has 0 aliphatic carbocycles. The van der Waals surface area contributed by atoms with Crippen LogP contribution in [0.4, 0.5) is 11.4 Å². The highest BCUT2D eigenvalue weighted by molar-refractivity contribution is 6.18. The molecule has 0 radical (unpaired) electrons. The molecule has 0 bridgehead atoms. The van der Waals surface area contributed by atoms with Gasteiger partial charge in [0.1, 0.15) is 5.82 Å². The predicted octanol–water partition coefficient (Wildman–Crippen LogP) is 4.40. The number of rotatable bonds is 12. The first-order valence-electron chi connectivity index (χ1n) is 10.7. The van der Waals surface area contributed by atoms with Gasteiger partial charge >= 0.3 is 0 Å². The molecule has 6 nitrogen and oxygen atoms in total. The van der Waals surface area contributed by atoms with E-state index in [9.17, 15) is 4.79 Å². The Kier molecular flexibility index (Phi) is 8.82. The van der Waals surface area contributed by atoms with Crippen LogP contribution < -0.4 is 16.0 Å². The molecule has 170 valence electrons. The van der Waals surface area contributed by atoms with E-state index in [1.165, 1.54) is 6.08 Å². The third-order valence-corrected chi connectivity index (χ3v) is 5.63. The minimum absolute atomic E-state index is 0.451. The summed E-state index contributed by atoms with van der Waals surface area (Å²) in [6, 6.07) is 14.2. The highest BCUT2D eigenvalue weighted by Crippen LogP contribution is 2.23. The van der Waals surface area contributed by atoms with E-state index in [0.717, 1.165) is 66.3 Å². The summed E-state index contributed by atoms with van der Waals surface area (Å²) in [6.45, 7) is 2.35. The monoisotopic (exact) mass is 473 g/mol. The van der Waals surface area contributed by atoms with Gasteiger partial charge < -0.3 is 20.5 Å². The molecule has 1 heterocycles. The van der Waals surface area contributed by atoms with E-state index in [4.69, 9.17) is 33.9 Å². The number of anilines is 2. The number of imidazole rings is 1. The lowest BCUT2D eigenvalue weighted by molar-refractivity contribution is -0.113. The standard InChI is InChI=1S/C24H29Cl2N5O/c1-30-22-10-9-20(31(15-12-25)16-13-26)17-21(22)29-24(30)3-2-14-28-19-7-4-18(5-8-19)6-11-23(27)32/h4-11,17,28H,2-3,12-16H2,1H3,(H2,27,32). The van der Waals surface area contributed by atoms with Gasteiger partial charge in [0.15, 0.2) is 0 Å². The first-order valence-corrected chi connectivity index (χ1v) is 11.7. The highest BCUT2D eigenvalue weighted by atomic mass is 35.5. The first-order chi connectivity index (χ1) is 15.5. The zero-order valence-electron chi connectivity index (χ0n) is 18.2. The second kappa shape index (κ2) is 11.8. The topological polar surface area (TPSA) is 76.2 Å². The molecule has 0 saturated heterocycles. The van der Waals surface area contributed by atoms with Crippen LogP contribution in [-0.2, 0) is 18.3 Å². The minimum Gasteiger partial charge on any atom is -0.385 e. The molecule has 0 unspecified atom stereocenters. The van der Waals surface area contributed by atoms with Crippen molar-refractivity contribution in [3.8, 4) is 0 Å². The number of primary amides is 1. The summed E-state index contributed by atoms with van der Waals surface area (Å²) in [5.74, 6) is 1.73. The van der Waals surface area contributed by atoms with Crippen LogP contribution in [0.1, 0.15) is 17.8 Å². The molecule has 3 N–H and O–H groups in total. The van der Waals surface area contributed by atoms with E-state index < -0.39 is 5.91 Å². The molecule has 0 atom stereocenters. The van der Waals surface area contributed by atoms with E-state index in [1.54, 1.807) is 6.08 Å². The fourth-order valence-electron chi connectivity index (χ4n) is 3.60. The average molecular weight is 474 g/mol. The number of benzene rings is 2. The Morgan fingerprint density at radius 1 is 1.16 bits per heavy atom. The molecule has 0 aliphatic heterocycles. The van der Waals surface area contributed by atoms with E-state index in [2.05, 4.69) is 40.0 Å². The van der Waals surface area contributed by atoms with E-state index >= 15 is 0 Å². The van der Waals surface area contributed by atoms with Crippen molar-refractivity contribution < 1.29 is 4.79 Å². The van der Waals surface area contributed by atoms with Gasteiger partial charge in [0.25, 0.3) is 0 Å². The normalized spacial score (nSPS) is 11.3. The number of nitrogens with one attached hydrogen (secondary N) is 1. The van der Waals surface area contributed by atoms with Crippen molar-refractivity contribution in [3.05, 3.63) is 59.9 Å². The fourth-order valence-corrected chi connectivity index (χ4v) is 4.01.